The van der Waals surface area contributed by atoms with Gasteiger partial charge in [-0.05, 0) is 23.8 Å². The molecular formula is C20H15N5O2S. The third kappa shape index (κ3) is 4.07. The van der Waals surface area contributed by atoms with Crippen molar-refractivity contribution in [3.63, 3.8) is 0 Å². The fraction of sp³-hybridized carbons (Fsp3) is 0.0500. The maximum Gasteiger partial charge on any atom is 0.271 e. The highest BCUT2D eigenvalue weighted by atomic mass is 32.2. The molecule has 1 amide bonds. The molecule has 138 valence electrons. The number of nitrogens with one attached hydrogen (secondary N) is 1. The molecule has 0 atom stereocenters. The molecule has 0 unspecified atom stereocenters. The lowest BCUT2D eigenvalue weighted by atomic mass is 10.1. The molecule has 2 aromatic carbocycles. The molecule has 0 saturated carbocycles. The number of amidine groups is 1. The molecule has 0 bridgehead atoms. The molecule has 28 heavy (non-hydrogen) atoms. The quantitative estimate of drug-likeness (QED) is 0.548. The Kier molecular flexibility index (Phi) is 5.11. The zero-order valence-electron chi connectivity index (χ0n) is 14.6. The molecule has 0 spiro atoms. The van der Waals surface area contributed by atoms with Gasteiger partial charge in [-0.1, -0.05) is 54.2 Å². The van der Waals surface area contributed by atoms with Gasteiger partial charge in [0.1, 0.15) is 0 Å². The molecule has 1 aromatic heterocycles. The van der Waals surface area contributed by atoms with E-state index in [1.54, 1.807) is 24.4 Å². The topological polar surface area (TPSA) is 88.7 Å². The van der Waals surface area contributed by atoms with Gasteiger partial charge in [0, 0.05) is 11.6 Å². The fourth-order valence-electron chi connectivity index (χ4n) is 2.59. The second kappa shape index (κ2) is 8.01. The standard InChI is InChI=1S/C20H15N5O2S/c26-18-13-28-20(22-18)23-21-12-14-6-8-16(9-7-14)25-19(27)11-10-17(24-25)15-4-2-1-3-5-15/h1-12H,13H2,(H,22,23,26)/b21-12-. The van der Waals surface area contributed by atoms with Crippen LogP contribution in [0.5, 0.6) is 0 Å². The van der Waals surface area contributed by atoms with Gasteiger partial charge in [0.15, 0.2) is 5.17 Å². The van der Waals surface area contributed by atoms with Gasteiger partial charge in [0.25, 0.3) is 5.56 Å². The maximum atomic E-state index is 12.3. The molecule has 0 aliphatic carbocycles. The minimum Gasteiger partial charge on any atom is -0.303 e. The van der Waals surface area contributed by atoms with Crippen LogP contribution < -0.4 is 10.9 Å². The lowest BCUT2D eigenvalue weighted by molar-refractivity contribution is -0.116. The lowest BCUT2D eigenvalue weighted by Gasteiger charge is -2.07. The van der Waals surface area contributed by atoms with E-state index in [-0.39, 0.29) is 11.5 Å². The molecule has 8 heteroatoms. The van der Waals surface area contributed by atoms with Crippen LogP contribution >= 0.6 is 11.8 Å². The molecule has 1 N–H and O–H groups in total. The van der Waals surface area contributed by atoms with Gasteiger partial charge >= 0.3 is 0 Å². The average Bonchev–Trinajstić information content (AvgIpc) is 3.15. The first-order valence-electron chi connectivity index (χ1n) is 8.49. The van der Waals surface area contributed by atoms with E-state index in [2.05, 4.69) is 20.6 Å². The van der Waals surface area contributed by atoms with Crippen LogP contribution in [0.4, 0.5) is 0 Å². The van der Waals surface area contributed by atoms with E-state index < -0.39 is 0 Å². The second-order valence-corrected chi connectivity index (χ2v) is 6.88. The van der Waals surface area contributed by atoms with Crippen molar-refractivity contribution in [2.75, 3.05) is 5.75 Å². The van der Waals surface area contributed by atoms with E-state index in [1.807, 2.05) is 42.5 Å². The molecule has 1 fully saturated rings. The van der Waals surface area contributed by atoms with Crippen molar-refractivity contribution in [2.45, 2.75) is 0 Å². The van der Waals surface area contributed by atoms with Crippen LogP contribution in [0.2, 0.25) is 0 Å². The highest BCUT2D eigenvalue weighted by molar-refractivity contribution is 8.15. The number of benzene rings is 2. The van der Waals surface area contributed by atoms with E-state index in [9.17, 15) is 9.59 Å². The number of thioether (sulfide) groups is 1. The summed E-state index contributed by atoms with van der Waals surface area (Å²) in [5.74, 6) is 0.298. The van der Waals surface area contributed by atoms with Crippen LogP contribution in [0.1, 0.15) is 5.56 Å². The summed E-state index contributed by atoms with van der Waals surface area (Å²) in [6.45, 7) is 0. The van der Waals surface area contributed by atoms with Gasteiger partial charge < -0.3 is 5.32 Å². The normalized spacial score (nSPS) is 15.3. The number of aromatic nitrogens is 2. The summed E-state index contributed by atoms with van der Waals surface area (Å²) in [7, 11) is 0. The van der Waals surface area contributed by atoms with Crippen LogP contribution in [0.3, 0.4) is 0 Å². The lowest BCUT2D eigenvalue weighted by Crippen LogP contribution is -2.20. The van der Waals surface area contributed by atoms with Gasteiger partial charge in [-0.25, -0.2) is 0 Å². The number of carbonyl (C=O) groups excluding carboxylic acids is 1. The summed E-state index contributed by atoms with van der Waals surface area (Å²) in [6, 6.07) is 20.1. The van der Waals surface area contributed by atoms with E-state index in [1.165, 1.54) is 22.5 Å². The third-order valence-corrected chi connectivity index (χ3v) is 4.81. The number of nitrogens with zero attached hydrogens (tertiary/aromatic N) is 4. The van der Waals surface area contributed by atoms with Gasteiger partial charge in [-0.15, -0.1) is 5.10 Å². The first-order valence-corrected chi connectivity index (χ1v) is 9.47. The van der Waals surface area contributed by atoms with Crippen LogP contribution in [0.15, 0.2) is 81.7 Å². The zero-order valence-corrected chi connectivity index (χ0v) is 15.5. The third-order valence-electron chi connectivity index (χ3n) is 3.95. The Morgan fingerprint density at radius 2 is 1.79 bits per heavy atom. The Hall–Kier alpha value is -3.52. The zero-order chi connectivity index (χ0) is 19.3. The first kappa shape index (κ1) is 17.9. The van der Waals surface area contributed by atoms with Gasteiger partial charge in [0.2, 0.25) is 5.91 Å². The summed E-state index contributed by atoms with van der Waals surface area (Å²) in [5, 5.41) is 15.5. The van der Waals surface area contributed by atoms with Gasteiger partial charge in [-0.2, -0.15) is 14.9 Å². The monoisotopic (exact) mass is 389 g/mol. The van der Waals surface area contributed by atoms with Gasteiger partial charge in [0.05, 0.1) is 23.3 Å². The molecule has 1 saturated heterocycles. The average molecular weight is 389 g/mol. The maximum absolute atomic E-state index is 12.3. The predicted molar refractivity (Wildman–Crippen MR) is 111 cm³/mol. The predicted octanol–water partition coefficient (Wildman–Crippen LogP) is 2.45. The van der Waals surface area contributed by atoms with Crippen LogP contribution in [-0.4, -0.2) is 32.8 Å². The van der Waals surface area contributed by atoms with Crippen LogP contribution in [0.25, 0.3) is 16.9 Å². The van der Waals surface area contributed by atoms with E-state index in [4.69, 9.17) is 0 Å². The van der Waals surface area contributed by atoms with E-state index in [0.29, 0.717) is 16.6 Å². The first-order chi connectivity index (χ1) is 13.7. The van der Waals surface area contributed by atoms with Crippen molar-refractivity contribution in [1.82, 2.24) is 15.1 Å². The second-order valence-electron chi connectivity index (χ2n) is 5.91. The summed E-state index contributed by atoms with van der Waals surface area (Å²) in [4.78, 5) is 23.4. The Bertz CT molecular complexity index is 1120. The molecule has 4 rings (SSSR count). The van der Waals surface area contributed by atoms with Crippen molar-refractivity contribution in [1.29, 1.82) is 0 Å². The smallest absolute Gasteiger partial charge is 0.271 e. The molecule has 1 aliphatic heterocycles. The Labute approximate surface area is 164 Å². The van der Waals surface area contributed by atoms with Crippen LogP contribution in [0, 0.1) is 0 Å². The molecule has 2 heterocycles. The minimum absolute atomic E-state index is 0.0704. The largest absolute Gasteiger partial charge is 0.303 e. The van der Waals surface area contributed by atoms with Crippen molar-refractivity contribution in [2.24, 2.45) is 10.2 Å². The summed E-state index contributed by atoms with van der Waals surface area (Å²) in [6.07, 6.45) is 1.58. The van der Waals surface area contributed by atoms with E-state index in [0.717, 1.165) is 16.8 Å². The number of carbonyl (C=O) groups is 1. The van der Waals surface area contributed by atoms with Gasteiger partial charge in [-0.3, -0.25) is 9.59 Å². The molecule has 3 aromatic rings. The van der Waals surface area contributed by atoms with Crippen LogP contribution in [-0.2, 0) is 4.79 Å². The summed E-state index contributed by atoms with van der Waals surface area (Å²) in [5.41, 5.74) is 2.93. The molecule has 1 aliphatic rings. The van der Waals surface area contributed by atoms with E-state index >= 15 is 0 Å². The highest BCUT2D eigenvalue weighted by Crippen LogP contribution is 2.15. The number of hydrogen-bond donors (Lipinski definition) is 1. The number of rotatable bonds is 4. The van der Waals surface area contributed by atoms with Crippen molar-refractivity contribution in [3.8, 4) is 16.9 Å². The highest BCUT2D eigenvalue weighted by Gasteiger charge is 2.15. The SMILES string of the molecule is O=C1CSC(=N/N=C\c2ccc(-n3nc(-c4ccccc4)ccc3=O)cc2)N1. The Balaban J connectivity index is 1.55. The van der Waals surface area contributed by atoms with Crippen molar-refractivity contribution in [3.05, 3.63) is 82.6 Å². The van der Waals surface area contributed by atoms with Crippen molar-refractivity contribution >= 4 is 29.1 Å². The summed E-state index contributed by atoms with van der Waals surface area (Å²) >= 11 is 1.32. The van der Waals surface area contributed by atoms with Crippen molar-refractivity contribution < 1.29 is 4.79 Å². The Morgan fingerprint density at radius 3 is 2.50 bits per heavy atom. The molecule has 7 nitrogen and oxygen atoms in total. The molecular weight excluding hydrogens is 374 g/mol. The summed E-state index contributed by atoms with van der Waals surface area (Å²) < 4.78 is 1.37. The number of amides is 1. The minimum atomic E-state index is -0.207. The fourth-order valence-corrected chi connectivity index (χ4v) is 3.22. The number of hydrogen-bond acceptors (Lipinski definition) is 6. The molecule has 0 radical (unpaired) electrons. The Morgan fingerprint density at radius 1 is 1.00 bits per heavy atom.